The number of rotatable bonds is 6. The van der Waals surface area contributed by atoms with Gasteiger partial charge in [-0.1, -0.05) is 42.5 Å². The van der Waals surface area contributed by atoms with E-state index in [1.807, 2.05) is 60.7 Å². The smallest absolute Gasteiger partial charge is 0.144 e. The number of aryl methyl sites for hydroxylation is 1. The van der Waals surface area contributed by atoms with Crippen molar-refractivity contribution < 1.29 is 9.13 Å². The Balaban J connectivity index is 1.59. The minimum atomic E-state index is -0.260. The Morgan fingerprint density at radius 3 is 2.42 bits per heavy atom. The van der Waals surface area contributed by atoms with Crippen LogP contribution in [-0.2, 0) is 6.54 Å². The molecule has 0 radical (unpaired) electrons. The Morgan fingerprint density at radius 1 is 0.846 bits per heavy atom. The van der Waals surface area contributed by atoms with E-state index in [0.717, 1.165) is 23.2 Å². The second-order valence-electron chi connectivity index (χ2n) is 6.07. The first-order valence-corrected chi connectivity index (χ1v) is 8.71. The third kappa shape index (κ3) is 3.31. The lowest BCUT2D eigenvalue weighted by Crippen LogP contribution is -2.06. The summed E-state index contributed by atoms with van der Waals surface area (Å²) in [5.74, 6) is 1.26. The molecule has 0 saturated carbocycles. The van der Waals surface area contributed by atoms with Crippen LogP contribution >= 0.6 is 0 Å². The molecule has 130 valence electrons. The summed E-state index contributed by atoms with van der Waals surface area (Å²) < 4.78 is 22.2. The van der Waals surface area contributed by atoms with Gasteiger partial charge in [0, 0.05) is 6.54 Å². The van der Waals surface area contributed by atoms with E-state index in [2.05, 4.69) is 9.55 Å². The maximum absolute atomic E-state index is 14.3. The maximum atomic E-state index is 14.3. The number of imidazole rings is 1. The summed E-state index contributed by atoms with van der Waals surface area (Å²) in [4.78, 5) is 4.66. The highest BCUT2D eigenvalue weighted by Gasteiger charge is 2.15. The second kappa shape index (κ2) is 7.40. The predicted molar refractivity (Wildman–Crippen MR) is 102 cm³/mol. The molecule has 0 aliphatic rings. The Morgan fingerprint density at radius 2 is 1.58 bits per heavy atom. The van der Waals surface area contributed by atoms with Gasteiger partial charge in [0.2, 0.25) is 0 Å². The number of ether oxygens (including phenoxy) is 1. The Labute approximate surface area is 151 Å². The topological polar surface area (TPSA) is 27.1 Å². The Kier molecular flexibility index (Phi) is 4.65. The van der Waals surface area contributed by atoms with Crippen LogP contribution < -0.4 is 4.74 Å². The normalized spacial score (nSPS) is 11.0. The first kappa shape index (κ1) is 16.3. The van der Waals surface area contributed by atoms with Crippen LogP contribution in [0.4, 0.5) is 4.39 Å². The Bertz CT molecular complexity index is 1010. The van der Waals surface area contributed by atoms with E-state index in [1.54, 1.807) is 12.1 Å². The van der Waals surface area contributed by atoms with Gasteiger partial charge in [0.25, 0.3) is 0 Å². The molecule has 0 fully saturated rings. The molecule has 0 atom stereocenters. The van der Waals surface area contributed by atoms with Crippen molar-refractivity contribution in [1.29, 1.82) is 0 Å². The first-order valence-electron chi connectivity index (χ1n) is 8.71. The molecule has 1 heterocycles. The highest BCUT2D eigenvalue weighted by Crippen LogP contribution is 2.27. The third-order valence-corrected chi connectivity index (χ3v) is 4.31. The van der Waals surface area contributed by atoms with Gasteiger partial charge < -0.3 is 9.30 Å². The van der Waals surface area contributed by atoms with Crippen LogP contribution in [0.25, 0.3) is 22.4 Å². The van der Waals surface area contributed by atoms with Crippen LogP contribution in [0.1, 0.15) is 6.42 Å². The zero-order chi connectivity index (χ0) is 17.8. The van der Waals surface area contributed by atoms with Crippen molar-refractivity contribution in [2.45, 2.75) is 13.0 Å². The summed E-state index contributed by atoms with van der Waals surface area (Å²) in [6.45, 7) is 1.30. The van der Waals surface area contributed by atoms with Crippen molar-refractivity contribution in [3.8, 4) is 17.1 Å². The van der Waals surface area contributed by atoms with Crippen molar-refractivity contribution in [2.75, 3.05) is 6.61 Å². The Hall–Kier alpha value is -3.14. The number of para-hydroxylation sites is 3. The molecule has 0 aliphatic carbocycles. The number of halogens is 1. The molecule has 4 heteroatoms. The van der Waals surface area contributed by atoms with E-state index >= 15 is 0 Å². The monoisotopic (exact) mass is 346 g/mol. The van der Waals surface area contributed by atoms with E-state index in [4.69, 9.17) is 4.74 Å². The standard InChI is InChI=1S/C22H19FN2O/c23-19-12-5-4-11-18(19)22-24-20-13-6-7-14-21(20)25(22)15-8-16-26-17-9-2-1-3-10-17/h1-7,9-14H,8,15-16H2. The highest BCUT2D eigenvalue weighted by molar-refractivity contribution is 5.80. The molecule has 4 aromatic rings. The predicted octanol–water partition coefficient (Wildman–Crippen LogP) is 5.31. The quantitative estimate of drug-likeness (QED) is 0.442. The zero-order valence-corrected chi connectivity index (χ0v) is 14.3. The first-order chi connectivity index (χ1) is 12.8. The van der Waals surface area contributed by atoms with E-state index in [-0.39, 0.29) is 5.82 Å². The van der Waals surface area contributed by atoms with Gasteiger partial charge in [0.1, 0.15) is 17.4 Å². The minimum Gasteiger partial charge on any atom is -0.494 e. The van der Waals surface area contributed by atoms with Gasteiger partial charge in [-0.05, 0) is 42.8 Å². The van der Waals surface area contributed by atoms with Crippen molar-refractivity contribution in [2.24, 2.45) is 0 Å². The number of benzene rings is 3. The average molecular weight is 346 g/mol. The van der Waals surface area contributed by atoms with E-state index in [9.17, 15) is 4.39 Å². The largest absolute Gasteiger partial charge is 0.494 e. The summed E-state index contributed by atoms with van der Waals surface area (Å²) in [7, 11) is 0. The lowest BCUT2D eigenvalue weighted by Gasteiger charge is -2.11. The van der Waals surface area contributed by atoms with E-state index < -0.39 is 0 Å². The summed E-state index contributed by atoms with van der Waals surface area (Å²) in [5, 5.41) is 0. The number of nitrogens with zero attached hydrogens (tertiary/aromatic N) is 2. The molecular weight excluding hydrogens is 327 g/mol. The summed E-state index contributed by atoms with van der Waals surface area (Å²) in [5.41, 5.74) is 2.40. The van der Waals surface area contributed by atoms with Gasteiger partial charge in [0.15, 0.2) is 0 Å². The fourth-order valence-corrected chi connectivity index (χ4v) is 3.08. The number of hydrogen-bond acceptors (Lipinski definition) is 2. The molecule has 3 aromatic carbocycles. The number of aromatic nitrogens is 2. The fraction of sp³-hybridized carbons (Fsp3) is 0.136. The van der Waals surface area contributed by atoms with Crippen molar-refractivity contribution in [3.63, 3.8) is 0 Å². The summed E-state index contributed by atoms with van der Waals surface area (Å²) in [6.07, 6.45) is 0.802. The minimum absolute atomic E-state index is 0.260. The van der Waals surface area contributed by atoms with Gasteiger partial charge >= 0.3 is 0 Å². The molecule has 0 spiro atoms. The van der Waals surface area contributed by atoms with Gasteiger partial charge in [-0.3, -0.25) is 0 Å². The number of fused-ring (bicyclic) bond motifs is 1. The molecule has 0 aliphatic heterocycles. The average Bonchev–Trinajstić information content (AvgIpc) is 3.05. The van der Waals surface area contributed by atoms with Crippen molar-refractivity contribution >= 4 is 11.0 Å². The van der Waals surface area contributed by atoms with E-state index in [0.29, 0.717) is 24.5 Å². The SMILES string of the molecule is Fc1ccccc1-c1nc2ccccc2n1CCCOc1ccccc1. The van der Waals surface area contributed by atoms with Crippen LogP contribution in [0.15, 0.2) is 78.9 Å². The van der Waals surface area contributed by atoms with Crippen LogP contribution in [-0.4, -0.2) is 16.2 Å². The van der Waals surface area contributed by atoms with Gasteiger partial charge in [-0.15, -0.1) is 0 Å². The number of hydrogen-bond donors (Lipinski definition) is 0. The lowest BCUT2D eigenvalue weighted by molar-refractivity contribution is 0.303. The molecule has 26 heavy (non-hydrogen) atoms. The van der Waals surface area contributed by atoms with Gasteiger partial charge in [0.05, 0.1) is 23.2 Å². The molecule has 0 saturated heterocycles. The zero-order valence-electron chi connectivity index (χ0n) is 14.3. The van der Waals surface area contributed by atoms with E-state index in [1.165, 1.54) is 6.07 Å². The second-order valence-corrected chi connectivity index (χ2v) is 6.07. The molecule has 3 nitrogen and oxygen atoms in total. The fourth-order valence-electron chi connectivity index (χ4n) is 3.08. The van der Waals surface area contributed by atoms with Gasteiger partial charge in [-0.2, -0.15) is 0 Å². The third-order valence-electron chi connectivity index (χ3n) is 4.31. The molecule has 0 unspecified atom stereocenters. The molecule has 4 rings (SSSR count). The molecule has 1 aromatic heterocycles. The van der Waals surface area contributed by atoms with Crippen molar-refractivity contribution in [1.82, 2.24) is 9.55 Å². The van der Waals surface area contributed by atoms with Crippen LogP contribution in [0.2, 0.25) is 0 Å². The summed E-state index contributed by atoms with van der Waals surface area (Å²) in [6, 6.07) is 24.4. The summed E-state index contributed by atoms with van der Waals surface area (Å²) >= 11 is 0. The molecule has 0 N–H and O–H groups in total. The van der Waals surface area contributed by atoms with Crippen LogP contribution in [0.5, 0.6) is 5.75 Å². The van der Waals surface area contributed by atoms with Crippen LogP contribution in [0, 0.1) is 5.82 Å². The maximum Gasteiger partial charge on any atom is 0.144 e. The molecule has 0 bridgehead atoms. The lowest BCUT2D eigenvalue weighted by atomic mass is 10.2. The van der Waals surface area contributed by atoms with Crippen LogP contribution in [0.3, 0.4) is 0 Å². The van der Waals surface area contributed by atoms with Crippen molar-refractivity contribution in [3.05, 3.63) is 84.7 Å². The molecule has 0 amide bonds. The van der Waals surface area contributed by atoms with Gasteiger partial charge in [-0.25, -0.2) is 9.37 Å². The highest BCUT2D eigenvalue weighted by atomic mass is 19.1. The molecular formula is C22H19FN2O.